The maximum Gasteiger partial charge on any atom is 0.544 e. The van der Waals surface area contributed by atoms with E-state index in [9.17, 15) is 19.5 Å². The van der Waals surface area contributed by atoms with Gasteiger partial charge in [-0.05, 0) is 39.0 Å². The van der Waals surface area contributed by atoms with E-state index >= 15 is 0 Å². The minimum Gasteiger partial charge on any atom is -0.479 e. The van der Waals surface area contributed by atoms with Crippen LogP contribution in [0.2, 0.25) is 0 Å². The molecule has 0 bridgehead atoms. The van der Waals surface area contributed by atoms with Crippen LogP contribution in [0.25, 0.3) is 0 Å². The number of aliphatic carboxylic acids is 1. The lowest BCUT2D eigenvalue weighted by Gasteiger charge is -2.48. The molecule has 0 saturated heterocycles. The molecule has 4 rings (SSSR count). The maximum absolute atomic E-state index is 13.1. The Morgan fingerprint density at radius 2 is 1.86 bits per heavy atom. The van der Waals surface area contributed by atoms with Gasteiger partial charge in [-0.25, -0.2) is 9.59 Å². The summed E-state index contributed by atoms with van der Waals surface area (Å²) >= 11 is 0. The Bertz CT molecular complexity index is 823. The van der Waals surface area contributed by atoms with Crippen LogP contribution < -0.4 is 4.59 Å². The van der Waals surface area contributed by atoms with Crippen molar-refractivity contribution in [3.05, 3.63) is 29.8 Å². The number of fused-ring (bicyclic) bond motifs is 2. The lowest BCUT2D eigenvalue weighted by Crippen LogP contribution is -2.74. The molecule has 2 N–H and O–H groups in total. The molecule has 2 aliphatic carbocycles. The van der Waals surface area contributed by atoms with Gasteiger partial charge < -0.3 is 14.9 Å². The lowest BCUT2D eigenvalue weighted by molar-refractivity contribution is -0.147. The van der Waals surface area contributed by atoms with Crippen molar-refractivity contribution in [3.63, 3.8) is 0 Å². The third-order valence-electron chi connectivity index (χ3n) is 6.28. The van der Waals surface area contributed by atoms with Gasteiger partial charge in [0.2, 0.25) is 0 Å². The smallest absolute Gasteiger partial charge is 0.479 e. The molecule has 3 aliphatic rings. The van der Waals surface area contributed by atoms with Crippen molar-refractivity contribution in [1.29, 1.82) is 0 Å². The molecule has 1 aromatic rings. The summed E-state index contributed by atoms with van der Waals surface area (Å²) in [7, 11) is 0. The topological polar surface area (TPSA) is 104 Å². The zero-order chi connectivity index (χ0) is 20.1. The van der Waals surface area contributed by atoms with E-state index in [2.05, 4.69) is 0 Å². The first-order valence-electron chi connectivity index (χ1n) is 9.81. The fourth-order valence-corrected chi connectivity index (χ4v) is 4.95. The average molecular weight is 389 g/mol. The zero-order valence-electron chi connectivity index (χ0n) is 15.8. The number of para-hydroxylation sites is 1. The summed E-state index contributed by atoms with van der Waals surface area (Å²) < 4.78 is 4.58. The van der Waals surface area contributed by atoms with Crippen LogP contribution in [0.1, 0.15) is 44.6 Å². The summed E-state index contributed by atoms with van der Waals surface area (Å²) in [6, 6.07) is 6.85. The number of carbonyl (C=O) groups is 3. The minimum atomic E-state index is -1.35. The molecule has 1 aliphatic heterocycles. The first-order valence-corrected chi connectivity index (χ1v) is 9.81. The Kier molecular flexibility index (Phi) is 4.53. The molecule has 1 aromatic carbocycles. The third-order valence-corrected chi connectivity index (χ3v) is 6.28. The van der Waals surface area contributed by atoms with Crippen molar-refractivity contribution in [2.75, 3.05) is 0 Å². The number of carboxylic acid groups (broad SMARTS) is 2. The first-order chi connectivity index (χ1) is 13.4. The van der Waals surface area contributed by atoms with Gasteiger partial charge in [0, 0.05) is 24.0 Å². The molecule has 150 valence electrons. The number of amides is 2. The number of benzene rings is 1. The number of carbonyl (C=O) groups excluding carboxylic acids is 1. The molecule has 0 spiro atoms. The van der Waals surface area contributed by atoms with Crippen molar-refractivity contribution in [2.24, 2.45) is 5.92 Å². The highest BCUT2D eigenvalue weighted by atomic mass is 16.6. The summed E-state index contributed by atoms with van der Waals surface area (Å²) in [5, 5.41) is 21.0. The second kappa shape index (κ2) is 6.77. The van der Waals surface area contributed by atoms with Crippen molar-refractivity contribution in [2.45, 2.75) is 63.6 Å². The molecule has 8 nitrogen and oxygen atoms in total. The number of hydrogen-bond acceptors (Lipinski definition) is 4. The lowest BCUT2D eigenvalue weighted by atomic mass is 9.86. The molecule has 28 heavy (non-hydrogen) atoms. The number of ether oxygens (including phenoxy) is 1. The number of nitrogens with zero attached hydrogens (tertiary/aromatic N) is 2. The Morgan fingerprint density at radius 1 is 1.14 bits per heavy atom. The van der Waals surface area contributed by atoms with Gasteiger partial charge in [0.05, 0.1) is 6.04 Å². The van der Waals surface area contributed by atoms with E-state index in [-0.39, 0.29) is 18.0 Å². The first kappa shape index (κ1) is 18.7. The van der Waals surface area contributed by atoms with Gasteiger partial charge in [0.1, 0.15) is 6.04 Å². The van der Waals surface area contributed by atoms with Crippen LogP contribution in [0.4, 0.5) is 15.3 Å². The highest BCUT2D eigenvalue weighted by molar-refractivity contribution is 5.88. The highest BCUT2D eigenvalue weighted by Crippen LogP contribution is 2.50. The van der Waals surface area contributed by atoms with E-state index < -0.39 is 28.9 Å². The van der Waals surface area contributed by atoms with Crippen LogP contribution in [0.3, 0.4) is 0 Å². The molecule has 2 saturated carbocycles. The van der Waals surface area contributed by atoms with Gasteiger partial charge in [-0.3, -0.25) is 0 Å². The Hall–Kier alpha value is -2.61. The zero-order valence-corrected chi connectivity index (χ0v) is 15.8. The summed E-state index contributed by atoms with van der Waals surface area (Å²) in [5.74, 6) is -1.10. The molecule has 2 amide bonds. The van der Waals surface area contributed by atoms with E-state index in [1.165, 1.54) is 11.9 Å². The van der Waals surface area contributed by atoms with Crippen LogP contribution in [-0.2, 0) is 16.0 Å². The van der Waals surface area contributed by atoms with Crippen molar-refractivity contribution in [3.8, 4) is 0 Å². The summed E-state index contributed by atoms with van der Waals surface area (Å²) in [5.41, 5.74) is 1.52. The molecule has 1 unspecified atom stereocenters. The quantitative estimate of drug-likeness (QED) is 0.768. The average Bonchev–Trinajstić information content (AvgIpc) is 3.37. The minimum absolute atomic E-state index is 0.164. The van der Waals surface area contributed by atoms with Gasteiger partial charge in [-0.2, -0.15) is 4.79 Å². The summed E-state index contributed by atoms with van der Waals surface area (Å²) in [6.07, 6.45) is 1.37. The maximum atomic E-state index is 13.1. The van der Waals surface area contributed by atoms with Crippen LogP contribution in [-0.4, -0.2) is 51.6 Å². The van der Waals surface area contributed by atoms with Gasteiger partial charge in [0.15, 0.2) is 11.8 Å². The standard InChI is InChI=1S/C20H24N2O6/c1-12(18(23)24)28-19(25)21(15-9-10-15)22(20(26)27)16-7-3-2-5-13(16)11-14-6-4-8-17(14)22/h2-3,5,7,12,14-15,17H,4,6,8-11H2,1H3,(H-,23,24,26,27)/p+1/t12-,14-,17-,22?/m1/s1. The Labute approximate surface area is 162 Å². The van der Waals surface area contributed by atoms with Crippen LogP contribution in [0, 0.1) is 5.92 Å². The number of quaternary nitrogens is 1. The van der Waals surface area contributed by atoms with Gasteiger partial charge in [-0.15, -0.1) is 5.01 Å². The fraction of sp³-hybridized carbons (Fsp3) is 0.550. The number of hydrogen-bond donors (Lipinski definition) is 2. The molecular weight excluding hydrogens is 364 g/mol. The van der Waals surface area contributed by atoms with E-state index in [4.69, 9.17) is 9.84 Å². The predicted molar refractivity (Wildman–Crippen MR) is 99.5 cm³/mol. The molecule has 2 fully saturated rings. The SMILES string of the molecule is C[C@@H](OC(=O)N(C1CC1)[N+]1(C(=O)O)c2ccccc2C[C@H]2CCC[C@H]21)C(=O)O. The molecular formula is C20H25N2O6+. The molecule has 8 heteroatoms. The fourth-order valence-electron chi connectivity index (χ4n) is 4.95. The van der Waals surface area contributed by atoms with E-state index in [0.717, 1.165) is 24.8 Å². The van der Waals surface area contributed by atoms with Gasteiger partial charge in [0.25, 0.3) is 0 Å². The van der Waals surface area contributed by atoms with Gasteiger partial charge in [-0.1, -0.05) is 22.8 Å². The number of rotatable bonds is 3. The second-order valence-electron chi connectivity index (χ2n) is 8.00. The van der Waals surface area contributed by atoms with E-state index in [1.54, 1.807) is 12.1 Å². The highest BCUT2D eigenvalue weighted by Gasteiger charge is 2.65. The molecule has 4 atom stereocenters. The molecule has 0 radical (unpaired) electrons. The second-order valence-corrected chi connectivity index (χ2v) is 8.00. The summed E-state index contributed by atoms with van der Waals surface area (Å²) in [6.45, 7) is 1.28. The largest absolute Gasteiger partial charge is 0.544 e. The Morgan fingerprint density at radius 3 is 2.50 bits per heavy atom. The molecule has 0 aromatic heterocycles. The van der Waals surface area contributed by atoms with Gasteiger partial charge >= 0.3 is 18.2 Å². The predicted octanol–water partition coefficient (Wildman–Crippen LogP) is 3.39. The van der Waals surface area contributed by atoms with E-state index in [0.29, 0.717) is 24.9 Å². The van der Waals surface area contributed by atoms with Crippen molar-refractivity contribution in [1.82, 2.24) is 9.60 Å². The third kappa shape index (κ3) is 2.74. The van der Waals surface area contributed by atoms with Crippen LogP contribution in [0.15, 0.2) is 24.3 Å². The van der Waals surface area contributed by atoms with Crippen molar-refractivity contribution < 1.29 is 29.3 Å². The normalized spacial score (nSPS) is 29.3. The van der Waals surface area contributed by atoms with Crippen molar-refractivity contribution >= 4 is 23.8 Å². The Balaban J connectivity index is 1.86. The molecule has 1 heterocycles. The van der Waals surface area contributed by atoms with Crippen LogP contribution in [0.5, 0.6) is 0 Å². The summed E-state index contributed by atoms with van der Waals surface area (Å²) in [4.78, 5) is 37.2. The monoisotopic (exact) mass is 389 g/mol. The number of carboxylic acids is 1. The van der Waals surface area contributed by atoms with Crippen LogP contribution >= 0.6 is 0 Å². The van der Waals surface area contributed by atoms with E-state index in [1.807, 2.05) is 12.1 Å².